The van der Waals surface area contributed by atoms with Gasteiger partial charge in [-0.1, -0.05) is 23.7 Å². The van der Waals surface area contributed by atoms with E-state index in [1.807, 2.05) is 43.0 Å². The van der Waals surface area contributed by atoms with E-state index in [-0.39, 0.29) is 11.9 Å². The molecule has 0 aliphatic carbocycles. The summed E-state index contributed by atoms with van der Waals surface area (Å²) < 4.78 is 0. The van der Waals surface area contributed by atoms with E-state index in [1.165, 1.54) is 0 Å². The van der Waals surface area contributed by atoms with Crippen LogP contribution in [0.15, 0.2) is 24.3 Å². The summed E-state index contributed by atoms with van der Waals surface area (Å²) in [6, 6.07) is 7.79. The summed E-state index contributed by atoms with van der Waals surface area (Å²) >= 11 is 5.95. The van der Waals surface area contributed by atoms with Gasteiger partial charge in [-0.05, 0) is 44.5 Å². The quantitative estimate of drug-likeness (QED) is 0.862. The van der Waals surface area contributed by atoms with E-state index >= 15 is 0 Å². The Morgan fingerprint density at radius 2 is 2.17 bits per heavy atom. The van der Waals surface area contributed by atoms with Crippen LogP contribution in [0.2, 0.25) is 5.02 Å². The molecule has 1 rings (SSSR count). The zero-order valence-corrected chi connectivity index (χ0v) is 11.8. The number of carbonyl (C=O) groups is 1. The molecule has 0 aliphatic rings. The molecular weight excluding hydrogens is 248 g/mol. The molecule has 18 heavy (non-hydrogen) atoms. The average molecular weight is 269 g/mol. The van der Waals surface area contributed by atoms with E-state index in [4.69, 9.17) is 17.3 Å². The average Bonchev–Trinajstić information content (AvgIpc) is 2.32. The third-order valence-corrected chi connectivity index (χ3v) is 3.02. The number of hydrogen-bond donors (Lipinski definition) is 1. The Morgan fingerprint density at radius 1 is 1.44 bits per heavy atom. The van der Waals surface area contributed by atoms with Gasteiger partial charge < -0.3 is 10.6 Å². The van der Waals surface area contributed by atoms with Crippen molar-refractivity contribution in [3.05, 3.63) is 34.9 Å². The van der Waals surface area contributed by atoms with Gasteiger partial charge in [0.1, 0.15) is 0 Å². The van der Waals surface area contributed by atoms with Gasteiger partial charge in [-0.2, -0.15) is 0 Å². The second-order valence-corrected chi connectivity index (χ2v) is 5.07. The van der Waals surface area contributed by atoms with Crippen LogP contribution in [0, 0.1) is 0 Å². The lowest BCUT2D eigenvalue weighted by molar-refractivity contribution is -0.133. The van der Waals surface area contributed by atoms with Crippen LogP contribution in [0.1, 0.15) is 32.3 Å². The zero-order valence-electron chi connectivity index (χ0n) is 11.0. The highest BCUT2D eigenvalue weighted by atomic mass is 35.5. The summed E-state index contributed by atoms with van der Waals surface area (Å²) in [5, 5.41) is 0.700. The van der Waals surface area contributed by atoms with Gasteiger partial charge >= 0.3 is 0 Å². The molecule has 1 aromatic rings. The molecule has 0 aliphatic heterocycles. The third-order valence-electron chi connectivity index (χ3n) is 2.78. The molecule has 0 radical (unpaired) electrons. The molecule has 0 aromatic heterocycles. The van der Waals surface area contributed by atoms with Gasteiger partial charge in [0.25, 0.3) is 0 Å². The first-order valence-corrected chi connectivity index (χ1v) is 6.66. The summed E-state index contributed by atoms with van der Waals surface area (Å²) in [4.78, 5) is 13.9. The smallest absolute Gasteiger partial charge is 0.223 e. The Bertz CT molecular complexity index is 393. The topological polar surface area (TPSA) is 46.3 Å². The van der Waals surface area contributed by atoms with Crippen molar-refractivity contribution in [2.75, 3.05) is 6.54 Å². The molecule has 0 atom stereocenters. The van der Waals surface area contributed by atoms with E-state index in [0.717, 1.165) is 12.0 Å². The van der Waals surface area contributed by atoms with Gasteiger partial charge in [0.2, 0.25) is 5.91 Å². The van der Waals surface area contributed by atoms with E-state index in [0.29, 0.717) is 24.5 Å². The number of carbonyl (C=O) groups excluding carboxylic acids is 1. The maximum atomic E-state index is 12.1. The maximum absolute atomic E-state index is 12.1. The normalized spacial score (nSPS) is 10.7. The maximum Gasteiger partial charge on any atom is 0.223 e. The van der Waals surface area contributed by atoms with Gasteiger partial charge in [0, 0.05) is 24.0 Å². The van der Waals surface area contributed by atoms with E-state index < -0.39 is 0 Å². The van der Waals surface area contributed by atoms with Crippen molar-refractivity contribution in [1.29, 1.82) is 0 Å². The SMILES string of the molecule is CC(C)N(Cc1cccc(Cl)c1)C(=O)CCCN. The van der Waals surface area contributed by atoms with Crippen LogP contribution >= 0.6 is 11.6 Å². The first-order chi connectivity index (χ1) is 8.54. The number of nitrogens with zero attached hydrogens (tertiary/aromatic N) is 1. The highest BCUT2D eigenvalue weighted by Gasteiger charge is 2.16. The summed E-state index contributed by atoms with van der Waals surface area (Å²) in [6.45, 7) is 5.19. The van der Waals surface area contributed by atoms with Gasteiger partial charge in [-0.3, -0.25) is 4.79 Å². The van der Waals surface area contributed by atoms with Gasteiger partial charge in [-0.25, -0.2) is 0 Å². The Labute approximate surface area is 114 Å². The van der Waals surface area contributed by atoms with Crippen LogP contribution in [0.4, 0.5) is 0 Å². The predicted molar refractivity (Wildman–Crippen MR) is 75.4 cm³/mol. The molecule has 0 bridgehead atoms. The second kappa shape index (κ2) is 7.39. The lowest BCUT2D eigenvalue weighted by Gasteiger charge is -2.27. The van der Waals surface area contributed by atoms with Crippen molar-refractivity contribution in [3.8, 4) is 0 Å². The van der Waals surface area contributed by atoms with Gasteiger partial charge in [0.15, 0.2) is 0 Å². The largest absolute Gasteiger partial charge is 0.336 e. The Morgan fingerprint density at radius 3 is 2.72 bits per heavy atom. The van der Waals surface area contributed by atoms with Crippen LogP contribution < -0.4 is 5.73 Å². The second-order valence-electron chi connectivity index (χ2n) is 4.64. The fourth-order valence-corrected chi connectivity index (χ4v) is 2.00. The molecule has 0 saturated heterocycles. The zero-order chi connectivity index (χ0) is 13.5. The lowest BCUT2D eigenvalue weighted by atomic mass is 10.1. The number of benzene rings is 1. The Hall–Kier alpha value is -1.06. The number of amides is 1. The predicted octanol–water partition coefficient (Wildman–Crippen LogP) is 2.82. The molecule has 0 saturated carbocycles. The first-order valence-electron chi connectivity index (χ1n) is 6.28. The van der Waals surface area contributed by atoms with E-state index in [9.17, 15) is 4.79 Å². The molecule has 100 valence electrons. The number of nitrogens with two attached hydrogens (primary N) is 1. The molecule has 0 fully saturated rings. The molecule has 1 aromatic carbocycles. The Kier molecular flexibility index (Phi) is 6.16. The minimum Gasteiger partial charge on any atom is -0.336 e. The highest BCUT2D eigenvalue weighted by molar-refractivity contribution is 6.30. The van der Waals surface area contributed by atoms with Gasteiger partial charge in [0.05, 0.1) is 0 Å². The third kappa shape index (κ3) is 4.67. The lowest BCUT2D eigenvalue weighted by Crippen LogP contribution is -2.36. The summed E-state index contributed by atoms with van der Waals surface area (Å²) in [5.74, 6) is 0.149. The molecule has 2 N–H and O–H groups in total. The standard InChI is InChI=1S/C14H21ClN2O/c1-11(2)17(14(18)7-4-8-16)10-12-5-3-6-13(15)9-12/h3,5-6,9,11H,4,7-8,10,16H2,1-2H3. The number of hydrogen-bond acceptors (Lipinski definition) is 2. The highest BCUT2D eigenvalue weighted by Crippen LogP contribution is 2.15. The molecule has 4 heteroatoms. The molecule has 1 amide bonds. The Balaban J connectivity index is 2.71. The van der Waals surface area contributed by atoms with Crippen LogP contribution in [-0.4, -0.2) is 23.4 Å². The minimum atomic E-state index is 0.149. The summed E-state index contributed by atoms with van der Waals surface area (Å²) in [5.41, 5.74) is 6.49. The fourth-order valence-electron chi connectivity index (χ4n) is 1.79. The van der Waals surface area contributed by atoms with Crippen LogP contribution in [0.5, 0.6) is 0 Å². The minimum absolute atomic E-state index is 0.149. The number of rotatable bonds is 6. The van der Waals surface area contributed by atoms with Crippen molar-refractivity contribution in [2.45, 2.75) is 39.3 Å². The molecule has 0 heterocycles. The number of halogens is 1. The van der Waals surface area contributed by atoms with Crippen molar-refractivity contribution >= 4 is 17.5 Å². The summed E-state index contributed by atoms with van der Waals surface area (Å²) in [6.07, 6.45) is 1.24. The van der Waals surface area contributed by atoms with Crippen molar-refractivity contribution < 1.29 is 4.79 Å². The monoisotopic (exact) mass is 268 g/mol. The van der Waals surface area contributed by atoms with Gasteiger partial charge in [-0.15, -0.1) is 0 Å². The van der Waals surface area contributed by atoms with Crippen molar-refractivity contribution in [3.63, 3.8) is 0 Å². The van der Waals surface area contributed by atoms with Crippen LogP contribution in [0.25, 0.3) is 0 Å². The summed E-state index contributed by atoms with van der Waals surface area (Å²) in [7, 11) is 0. The van der Waals surface area contributed by atoms with Crippen LogP contribution in [0.3, 0.4) is 0 Å². The first kappa shape index (κ1) is 15.0. The van der Waals surface area contributed by atoms with E-state index in [1.54, 1.807) is 0 Å². The van der Waals surface area contributed by atoms with Crippen LogP contribution in [-0.2, 0) is 11.3 Å². The fraction of sp³-hybridized carbons (Fsp3) is 0.500. The molecule has 3 nitrogen and oxygen atoms in total. The molecular formula is C14H21ClN2O. The van der Waals surface area contributed by atoms with Crippen molar-refractivity contribution in [1.82, 2.24) is 4.90 Å². The van der Waals surface area contributed by atoms with Crippen molar-refractivity contribution in [2.24, 2.45) is 5.73 Å². The van der Waals surface area contributed by atoms with E-state index in [2.05, 4.69) is 0 Å². The molecule has 0 spiro atoms. The molecule has 0 unspecified atom stereocenters.